The lowest BCUT2D eigenvalue weighted by Crippen LogP contribution is -2.60. The maximum Gasteiger partial charge on any atom is 0.0630 e. The smallest absolute Gasteiger partial charge is 0.0630 e. The van der Waals surface area contributed by atoms with E-state index in [-0.39, 0.29) is 0 Å². The highest BCUT2D eigenvalue weighted by molar-refractivity contribution is 4.94. The third kappa shape index (κ3) is 6.49. The predicted octanol–water partition coefficient (Wildman–Crippen LogP) is 4.91. The Morgan fingerprint density at radius 2 is 1.50 bits per heavy atom. The SMILES string of the molecule is CC(C)C1CCCCC1.COCC1CN(C)CCN1C1CC(C(C)C)C1. The second-order valence-corrected chi connectivity index (χ2v) is 9.88. The van der Waals surface area contributed by atoms with Crippen molar-refractivity contribution < 1.29 is 4.74 Å². The van der Waals surface area contributed by atoms with Gasteiger partial charge in [-0.1, -0.05) is 59.8 Å². The molecular formula is C23H46N2O. The van der Waals surface area contributed by atoms with Crippen LogP contribution in [0.15, 0.2) is 0 Å². The van der Waals surface area contributed by atoms with Gasteiger partial charge in [0, 0.05) is 38.8 Å². The van der Waals surface area contributed by atoms with Gasteiger partial charge in [0.15, 0.2) is 0 Å². The summed E-state index contributed by atoms with van der Waals surface area (Å²) in [6.07, 6.45) is 10.3. The van der Waals surface area contributed by atoms with Gasteiger partial charge in [-0.3, -0.25) is 4.90 Å². The van der Waals surface area contributed by atoms with Gasteiger partial charge in [-0.25, -0.2) is 0 Å². The summed E-state index contributed by atoms with van der Waals surface area (Å²) in [4.78, 5) is 5.14. The number of piperazine rings is 1. The Morgan fingerprint density at radius 1 is 0.885 bits per heavy atom. The molecule has 3 aliphatic rings. The highest BCUT2D eigenvalue weighted by Crippen LogP contribution is 2.38. The van der Waals surface area contributed by atoms with Crippen LogP contribution in [-0.2, 0) is 4.74 Å². The average Bonchev–Trinajstić information content (AvgIpc) is 2.57. The second kappa shape index (κ2) is 11.0. The molecule has 0 bridgehead atoms. The normalized spacial score (nSPS) is 31.6. The lowest BCUT2D eigenvalue weighted by molar-refractivity contribution is -0.0373. The van der Waals surface area contributed by atoms with Crippen LogP contribution < -0.4 is 0 Å². The van der Waals surface area contributed by atoms with Crippen molar-refractivity contribution in [3.63, 3.8) is 0 Å². The summed E-state index contributed by atoms with van der Waals surface area (Å²) in [6.45, 7) is 13.9. The Morgan fingerprint density at radius 3 is 2.00 bits per heavy atom. The molecule has 1 aliphatic heterocycles. The Balaban J connectivity index is 0.000000228. The van der Waals surface area contributed by atoms with Crippen molar-refractivity contribution in [1.82, 2.24) is 9.80 Å². The zero-order chi connectivity index (χ0) is 19.1. The number of rotatable bonds is 5. The lowest BCUT2D eigenvalue weighted by Gasteiger charge is -2.51. The molecule has 26 heavy (non-hydrogen) atoms. The van der Waals surface area contributed by atoms with Crippen LogP contribution >= 0.6 is 0 Å². The number of hydrogen-bond donors (Lipinski definition) is 0. The number of ether oxygens (including phenoxy) is 1. The average molecular weight is 367 g/mol. The standard InChI is InChI=1S/C14H28N2O.C9H18/c1-11(2)12-7-13(8-12)16-6-5-15(3)9-14(16)10-17-4;1-8(2)9-6-4-3-5-7-9/h11-14H,5-10H2,1-4H3;8-9H,3-7H2,1-2H3. The van der Waals surface area contributed by atoms with E-state index in [1.165, 1.54) is 58.0 Å². The van der Waals surface area contributed by atoms with E-state index in [2.05, 4.69) is 44.5 Å². The zero-order valence-electron chi connectivity index (χ0n) is 18.5. The molecule has 1 saturated heterocycles. The summed E-state index contributed by atoms with van der Waals surface area (Å²) >= 11 is 0. The van der Waals surface area contributed by atoms with E-state index < -0.39 is 0 Å². The van der Waals surface area contributed by atoms with Crippen molar-refractivity contribution in [2.75, 3.05) is 40.4 Å². The minimum atomic E-state index is 0.608. The monoisotopic (exact) mass is 366 g/mol. The van der Waals surface area contributed by atoms with Crippen LogP contribution in [0.1, 0.15) is 72.6 Å². The van der Waals surface area contributed by atoms with Gasteiger partial charge in [0.2, 0.25) is 0 Å². The number of likely N-dealkylation sites (N-methyl/N-ethyl adjacent to an activating group) is 1. The largest absolute Gasteiger partial charge is 0.383 e. The molecular weight excluding hydrogens is 320 g/mol. The number of methoxy groups -OCH3 is 1. The fourth-order valence-electron chi connectivity index (χ4n) is 5.09. The molecule has 0 aromatic carbocycles. The van der Waals surface area contributed by atoms with E-state index >= 15 is 0 Å². The first-order valence-electron chi connectivity index (χ1n) is 11.4. The molecule has 3 fully saturated rings. The number of nitrogens with zero attached hydrogens (tertiary/aromatic N) is 2. The van der Waals surface area contributed by atoms with Crippen LogP contribution in [0.3, 0.4) is 0 Å². The first-order valence-corrected chi connectivity index (χ1v) is 11.4. The van der Waals surface area contributed by atoms with Crippen LogP contribution in [0.5, 0.6) is 0 Å². The molecule has 2 saturated carbocycles. The van der Waals surface area contributed by atoms with Crippen molar-refractivity contribution in [3.05, 3.63) is 0 Å². The maximum atomic E-state index is 5.38. The first-order chi connectivity index (χ1) is 12.4. The molecule has 3 nitrogen and oxygen atoms in total. The van der Waals surface area contributed by atoms with Crippen molar-refractivity contribution in [3.8, 4) is 0 Å². The first kappa shape index (κ1) is 22.2. The highest BCUT2D eigenvalue weighted by atomic mass is 16.5. The van der Waals surface area contributed by atoms with Crippen molar-refractivity contribution >= 4 is 0 Å². The summed E-state index contributed by atoms with van der Waals surface area (Å²) in [7, 11) is 4.04. The summed E-state index contributed by atoms with van der Waals surface area (Å²) in [5.74, 6) is 3.81. The van der Waals surface area contributed by atoms with Crippen LogP contribution in [0, 0.1) is 23.7 Å². The van der Waals surface area contributed by atoms with Gasteiger partial charge in [-0.05, 0) is 43.6 Å². The Labute approximate surface area is 163 Å². The molecule has 0 N–H and O–H groups in total. The third-order valence-corrected chi connectivity index (χ3v) is 7.24. The van der Waals surface area contributed by atoms with Gasteiger partial charge in [0.25, 0.3) is 0 Å². The maximum absolute atomic E-state index is 5.38. The van der Waals surface area contributed by atoms with Gasteiger partial charge in [-0.2, -0.15) is 0 Å². The van der Waals surface area contributed by atoms with E-state index in [9.17, 15) is 0 Å². The van der Waals surface area contributed by atoms with Crippen molar-refractivity contribution in [2.45, 2.75) is 84.7 Å². The van der Waals surface area contributed by atoms with E-state index in [0.717, 1.165) is 42.9 Å². The highest BCUT2D eigenvalue weighted by Gasteiger charge is 2.39. The molecule has 0 radical (unpaired) electrons. The minimum absolute atomic E-state index is 0.608. The van der Waals surface area contributed by atoms with Crippen molar-refractivity contribution in [1.29, 1.82) is 0 Å². The molecule has 0 aromatic rings. The molecule has 0 aromatic heterocycles. The molecule has 1 atom stereocenters. The Hall–Kier alpha value is -0.120. The van der Waals surface area contributed by atoms with Crippen molar-refractivity contribution in [2.24, 2.45) is 23.7 Å². The van der Waals surface area contributed by atoms with Crippen LogP contribution in [-0.4, -0.2) is 62.3 Å². The van der Waals surface area contributed by atoms with E-state index in [0.29, 0.717) is 6.04 Å². The summed E-state index contributed by atoms with van der Waals surface area (Å²) in [5.41, 5.74) is 0. The summed E-state index contributed by atoms with van der Waals surface area (Å²) in [6, 6.07) is 1.44. The number of hydrogen-bond acceptors (Lipinski definition) is 3. The van der Waals surface area contributed by atoms with Gasteiger partial charge in [-0.15, -0.1) is 0 Å². The zero-order valence-corrected chi connectivity index (χ0v) is 18.5. The predicted molar refractivity (Wildman–Crippen MR) is 113 cm³/mol. The van der Waals surface area contributed by atoms with E-state index in [1.807, 2.05) is 7.11 Å². The Bertz CT molecular complexity index is 372. The van der Waals surface area contributed by atoms with Crippen LogP contribution in [0.25, 0.3) is 0 Å². The minimum Gasteiger partial charge on any atom is -0.383 e. The molecule has 0 amide bonds. The summed E-state index contributed by atoms with van der Waals surface area (Å²) < 4.78 is 5.38. The molecule has 1 unspecified atom stereocenters. The Kier molecular flexibility index (Phi) is 9.40. The third-order valence-electron chi connectivity index (χ3n) is 7.24. The molecule has 2 aliphatic carbocycles. The second-order valence-electron chi connectivity index (χ2n) is 9.88. The molecule has 154 valence electrons. The molecule has 0 spiro atoms. The van der Waals surface area contributed by atoms with Crippen LogP contribution in [0.2, 0.25) is 0 Å². The lowest BCUT2D eigenvalue weighted by atomic mass is 9.72. The van der Waals surface area contributed by atoms with Gasteiger partial charge >= 0.3 is 0 Å². The van der Waals surface area contributed by atoms with Crippen LogP contribution in [0.4, 0.5) is 0 Å². The fraction of sp³-hybridized carbons (Fsp3) is 1.00. The topological polar surface area (TPSA) is 15.7 Å². The molecule has 3 rings (SSSR count). The van der Waals surface area contributed by atoms with Gasteiger partial charge in [0.05, 0.1) is 6.61 Å². The van der Waals surface area contributed by atoms with E-state index in [4.69, 9.17) is 4.74 Å². The fourth-order valence-corrected chi connectivity index (χ4v) is 5.09. The van der Waals surface area contributed by atoms with Gasteiger partial charge in [0.1, 0.15) is 0 Å². The molecule has 1 heterocycles. The van der Waals surface area contributed by atoms with E-state index in [1.54, 1.807) is 0 Å². The van der Waals surface area contributed by atoms with Gasteiger partial charge < -0.3 is 9.64 Å². The summed E-state index contributed by atoms with van der Waals surface area (Å²) in [5, 5.41) is 0. The molecule has 3 heteroatoms. The quantitative estimate of drug-likeness (QED) is 0.688.